The number of aryl methyl sites for hydroxylation is 1. The molecule has 28 heavy (non-hydrogen) atoms. The lowest BCUT2D eigenvalue weighted by molar-refractivity contribution is 0.196. The standard InChI is InChI=1S/C23H29N5/c1-18-6-4-7-19(14-18)15-26-11-5-8-20(16-26)23-24-22-10-9-21(17-28(22)25-23)27-12-2-3-13-27/h4,6-7,9-10,14,17,20H,2-3,5,8,11-13,15-16H2,1H3/t20-/m1/s1. The zero-order valence-corrected chi connectivity index (χ0v) is 16.7. The van der Waals surface area contributed by atoms with Crippen molar-refractivity contribution in [2.24, 2.45) is 0 Å². The molecule has 5 rings (SSSR count). The van der Waals surface area contributed by atoms with E-state index in [9.17, 15) is 0 Å². The third kappa shape index (κ3) is 3.63. The fraction of sp³-hybridized carbons (Fsp3) is 0.478. The Balaban J connectivity index is 1.32. The van der Waals surface area contributed by atoms with Gasteiger partial charge in [-0.3, -0.25) is 4.90 Å². The van der Waals surface area contributed by atoms with Crippen LogP contribution in [-0.4, -0.2) is 45.7 Å². The summed E-state index contributed by atoms with van der Waals surface area (Å²) in [5.74, 6) is 1.43. The van der Waals surface area contributed by atoms with Crippen LogP contribution in [0.25, 0.3) is 5.65 Å². The van der Waals surface area contributed by atoms with E-state index in [0.717, 1.165) is 44.2 Å². The lowest BCUT2D eigenvalue weighted by atomic mass is 9.97. The first kappa shape index (κ1) is 17.7. The zero-order chi connectivity index (χ0) is 18.9. The molecule has 0 bridgehead atoms. The first-order valence-corrected chi connectivity index (χ1v) is 10.6. The Morgan fingerprint density at radius 3 is 2.79 bits per heavy atom. The van der Waals surface area contributed by atoms with Crippen LogP contribution in [0.1, 0.15) is 48.6 Å². The molecule has 0 amide bonds. The van der Waals surface area contributed by atoms with Crippen LogP contribution in [-0.2, 0) is 6.54 Å². The lowest BCUT2D eigenvalue weighted by Gasteiger charge is -2.31. The second kappa shape index (κ2) is 7.55. The van der Waals surface area contributed by atoms with Crippen LogP contribution in [0, 0.1) is 6.92 Å². The number of benzene rings is 1. The summed E-state index contributed by atoms with van der Waals surface area (Å²) in [5.41, 5.74) is 4.97. The van der Waals surface area contributed by atoms with E-state index in [2.05, 4.69) is 59.3 Å². The molecule has 5 nitrogen and oxygen atoms in total. The third-order valence-corrected chi connectivity index (χ3v) is 6.16. The van der Waals surface area contributed by atoms with Gasteiger partial charge in [0.05, 0.1) is 11.9 Å². The number of likely N-dealkylation sites (tertiary alicyclic amines) is 1. The Labute approximate surface area is 167 Å². The second-order valence-corrected chi connectivity index (χ2v) is 8.42. The van der Waals surface area contributed by atoms with Gasteiger partial charge < -0.3 is 4.90 Å². The molecule has 0 aliphatic carbocycles. The minimum absolute atomic E-state index is 0.425. The van der Waals surface area contributed by atoms with E-state index in [4.69, 9.17) is 10.1 Å². The van der Waals surface area contributed by atoms with Gasteiger partial charge in [-0.15, -0.1) is 0 Å². The van der Waals surface area contributed by atoms with Crippen LogP contribution in [0.2, 0.25) is 0 Å². The van der Waals surface area contributed by atoms with Crippen LogP contribution in [0.5, 0.6) is 0 Å². The summed E-state index contributed by atoms with van der Waals surface area (Å²) < 4.78 is 1.99. The number of nitrogens with zero attached hydrogens (tertiary/aromatic N) is 5. The molecule has 5 heteroatoms. The highest BCUT2D eigenvalue weighted by atomic mass is 15.3. The fourth-order valence-electron chi connectivity index (χ4n) is 4.70. The number of fused-ring (bicyclic) bond motifs is 1. The summed E-state index contributed by atoms with van der Waals surface area (Å²) >= 11 is 0. The van der Waals surface area contributed by atoms with Crippen molar-refractivity contribution < 1.29 is 0 Å². The molecule has 0 radical (unpaired) electrons. The maximum Gasteiger partial charge on any atom is 0.156 e. The summed E-state index contributed by atoms with van der Waals surface area (Å²) in [6.07, 6.45) is 7.13. The van der Waals surface area contributed by atoms with Gasteiger partial charge >= 0.3 is 0 Å². The van der Waals surface area contributed by atoms with Crippen molar-refractivity contribution in [3.63, 3.8) is 0 Å². The Bertz CT molecular complexity index is 957. The molecule has 4 heterocycles. The molecule has 0 saturated carbocycles. The Morgan fingerprint density at radius 1 is 1.04 bits per heavy atom. The second-order valence-electron chi connectivity index (χ2n) is 8.42. The molecule has 2 aliphatic heterocycles. The van der Waals surface area contributed by atoms with Crippen molar-refractivity contribution in [3.05, 3.63) is 59.5 Å². The SMILES string of the molecule is Cc1cccc(CN2CCC[C@@H](c3nc4ccc(N5CCCC5)cn4n3)C2)c1. The van der Waals surface area contributed by atoms with Gasteiger partial charge in [0, 0.05) is 32.1 Å². The van der Waals surface area contributed by atoms with Gasteiger partial charge in [-0.25, -0.2) is 9.50 Å². The van der Waals surface area contributed by atoms with Crippen molar-refractivity contribution in [1.29, 1.82) is 0 Å². The van der Waals surface area contributed by atoms with Crippen LogP contribution in [0.15, 0.2) is 42.6 Å². The smallest absolute Gasteiger partial charge is 0.156 e. The average molecular weight is 376 g/mol. The molecule has 2 aromatic heterocycles. The van der Waals surface area contributed by atoms with Gasteiger partial charge in [0.25, 0.3) is 0 Å². The van der Waals surface area contributed by atoms with Gasteiger partial charge in [0.15, 0.2) is 11.5 Å². The quantitative estimate of drug-likeness (QED) is 0.690. The highest BCUT2D eigenvalue weighted by Crippen LogP contribution is 2.27. The summed E-state index contributed by atoms with van der Waals surface area (Å²) in [4.78, 5) is 9.88. The maximum absolute atomic E-state index is 4.88. The average Bonchev–Trinajstić information content (AvgIpc) is 3.37. The molecule has 2 aliphatic rings. The topological polar surface area (TPSA) is 36.7 Å². The fourth-order valence-corrected chi connectivity index (χ4v) is 4.70. The van der Waals surface area contributed by atoms with E-state index in [1.807, 2.05) is 4.52 Å². The zero-order valence-electron chi connectivity index (χ0n) is 16.7. The number of anilines is 1. The third-order valence-electron chi connectivity index (χ3n) is 6.16. The minimum Gasteiger partial charge on any atom is -0.370 e. The first-order chi connectivity index (χ1) is 13.7. The van der Waals surface area contributed by atoms with Crippen LogP contribution in [0.3, 0.4) is 0 Å². The molecule has 0 spiro atoms. The number of hydrogen-bond donors (Lipinski definition) is 0. The van der Waals surface area contributed by atoms with Gasteiger partial charge in [0.2, 0.25) is 0 Å². The number of piperidine rings is 1. The van der Waals surface area contributed by atoms with Gasteiger partial charge in [-0.1, -0.05) is 29.8 Å². The molecule has 2 fully saturated rings. The van der Waals surface area contributed by atoms with Gasteiger partial charge in [0.1, 0.15) is 0 Å². The summed E-state index contributed by atoms with van der Waals surface area (Å²) in [5, 5.41) is 4.88. The van der Waals surface area contributed by atoms with Crippen molar-refractivity contribution in [3.8, 4) is 0 Å². The molecule has 3 aromatic rings. The molecule has 0 unspecified atom stereocenters. The number of pyridine rings is 1. The van der Waals surface area contributed by atoms with E-state index in [-0.39, 0.29) is 0 Å². The van der Waals surface area contributed by atoms with E-state index in [0.29, 0.717) is 5.92 Å². The lowest BCUT2D eigenvalue weighted by Crippen LogP contribution is -2.34. The van der Waals surface area contributed by atoms with Crippen LogP contribution >= 0.6 is 0 Å². The Morgan fingerprint density at radius 2 is 1.93 bits per heavy atom. The van der Waals surface area contributed by atoms with E-state index in [1.165, 1.54) is 42.5 Å². The largest absolute Gasteiger partial charge is 0.370 e. The van der Waals surface area contributed by atoms with Crippen molar-refractivity contribution in [2.75, 3.05) is 31.1 Å². The normalized spacial score (nSPS) is 20.9. The maximum atomic E-state index is 4.88. The molecule has 1 aromatic carbocycles. The summed E-state index contributed by atoms with van der Waals surface area (Å²) in [6, 6.07) is 13.2. The number of hydrogen-bond acceptors (Lipinski definition) is 4. The molecule has 1 atom stereocenters. The predicted molar refractivity (Wildman–Crippen MR) is 113 cm³/mol. The molecule has 2 saturated heterocycles. The van der Waals surface area contributed by atoms with E-state index in [1.54, 1.807) is 0 Å². The molecule has 0 N–H and O–H groups in total. The first-order valence-electron chi connectivity index (χ1n) is 10.6. The highest BCUT2D eigenvalue weighted by molar-refractivity contribution is 5.52. The van der Waals surface area contributed by atoms with E-state index >= 15 is 0 Å². The van der Waals surface area contributed by atoms with Gasteiger partial charge in [-0.05, 0) is 56.8 Å². The Kier molecular flexibility index (Phi) is 4.77. The van der Waals surface area contributed by atoms with Crippen molar-refractivity contribution >= 4 is 11.3 Å². The number of aromatic nitrogens is 3. The van der Waals surface area contributed by atoms with Crippen molar-refractivity contribution in [1.82, 2.24) is 19.5 Å². The number of rotatable bonds is 4. The van der Waals surface area contributed by atoms with Gasteiger partial charge in [-0.2, -0.15) is 5.10 Å². The molecule has 146 valence electrons. The highest BCUT2D eigenvalue weighted by Gasteiger charge is 2.25. The summed E-state index contributed by atoms with van der Waals surface area (Å²) in [6.45, 7) is 7.71. The van der Waals surface area contributed by atoms with Crippen LogP contribution in [0.4, 0.5) is 5.69 Å². The summed E-state index contributed by atoms with van der Waals surface area (Å²) in [7, 11) is 0. The predicted octanol–water partition coefficient (Wildman–Crippen LogP) is 4.02. The molecular weight excluding hydrogens is 346 g/mol. The van der Waals surface area contributed by atoms with Crippen molar-refractivity contribution in [2.45, 2.75) is 45.1 Å². The Hall–Kier alpha value is -2.40. The molecular formula is C23H29N5. The van der Waals surface area contributed by atoms with E-state index < -0.39 is 0 Å². The van der Waals surface area contributed by atoms with Crippen LogP contribution < -0.4 is 4.90 Å². The monoisotopic (exact) mass is 375 g/mol. The minimum atomic E-state index is 0.425.